The van der Waals surface area contributed by atoms with Crippen LogP contribution >= 0.6 is 11.3 Å². The van der Waals surface area contributed by atoms with E-state index in [0.29, 0.717) is 17.4 Å². The molecule has 1 aromatic heterocycles. The van der Waals surface area contributed by atoms with Gasteiger partial charge in [-0.3, -0.25) is 14.5 Å². The van der Waals surface area contributed by atoms with Gasteiger partial charge in [-0.2, -0.15) is 0 Å². The normalized spacial score (nSPS) is 10.8. The fraction of sp³-hybridized carbons (Fsp3) is 0.160. The molecule has 0 aliphatic rings. The molecule has 5 nitrogen and oxygen atoms in total. The quantitative estimate of drug-likeness (QED) is 0.450. The van der Waals surface area contributed by atoms with Crippen LogP contribution in [0.2, 0.25) is 0 Å². The molecule has 31 heavy (non-hydrogen) atoms. The van der Waals surface area contributed by atoms with E-state index in [4.69, 9.17) is 4.98 Å². The summed E-state index contributed by atoms with van der Waals surface area (Å²) < 4.78 is 1.07. The summed E-state index contributed by atoms with van der Waals surface area (Å²) in [6.45, 7) is 3.97. The number of nitrogens with one attached hydrogen (secondary N) is 1. The highest BCUT2D eigenvalue weighted by Crippen LogP contribution is 2.32. The Kier molecular flexibility index (Phi) is 6.09. The molecule has 0 bridgehead atoms. The Labute approximate surface area is 185 Å². The van der Waals surface area contributed by atoms with E-state index in [2.05, 4.69) is 5.32 Å². The number of hydrogen-bond acceptors (Lipinski definition) is 4. The van der Waals surface area contributed by atoms with Crippen molar-refractivity contribution in [1.82, 2.24) is 4.98 Å². The zero-order chi connectivity index (χ0) is 21.8. The molecule has 0 aliphatic heterocycles. The van der Waals surface area contributed by atoms with Crippen LogP contribution in [-0.2, 0) is 22.6 Å². The molecule has 0 fully saturated rings. The fourth-order valence-electron chi connectivity index (χ4n) is 3.40. The molecule has 0 atom stereocenters. The molecule has 6 heteroatoms. The number of nitrogens with zero attached hydrogens (tertiary/aromatic N) is 2. The molecular weight excluding hydrogens is 406 g/mol. The molecule has 4 rings (SSSR count). The summed E-state index contributed by atoms with van der Waals surface area (Å²) in [6, 6.07) is 23.4. The molecule has 0 radical (unpaired) electrons. The molecule has 1 heterocycles. The highest BCUT2D eigenvalue weighted by Gasteiger charge is 2.21. The smallest absolute Gasteiger partial charge is 0.233 e. The lowest BCUT2D eigenvalue weighted by atomic mass is 10.1. The van der Waals surface area contributed by atoms with Gasteiger partial charge < -0.3 is 5.32 Å². The van der Waals surface area contributed by atoms with Gasteiger partial charge >= 0.3 is 0 Å². The fourth-order valence-corrected chi connectivity index (χ4v) is 4.46. The summed E-state index contributed by atoms with van der Waals surface area (Å²) in [7, 11) is 0. The number of aromatic nitrogens is 1. The van der Waals surface area contributed by atoms with Crippen LogP contribution in [0.4, 0.5) is 10.8 Å². The topological polar surface area (TPSA) is 62.3 Å². The summed E-state index contributed by atoms with van der Waals surface area (Å²) in [4.78, 5) is 31.1. The van der Waals surface area contributed by atoms with Crippen molar-refractivity contribution in [1.29, 1.82) is 0 Å². The molecule has 4 aromatic rings. The van der Waals surface area contributed by atoms with Gasteiger partial charge in [0.05, 0.1) is 23.2 Å². The third-order valence-electron chi connectivity index (χ3n) is 4.95. The van der Waals surface area contributed by atoms with Crippen molar-refractivity contribution in [3.63, 3.8) is 0 Å². The standard InChI is InChI=1S/C25H23N3O2S/c1-17-7-6-10-22-24(17)27-25(31-22)28(16-20-8-4-3-5-9-20)23(30)15-19-11-13-21(14-12-19)26-18(2)29/h3-14H,15-16H2,1-2H3,(H,26,29). The van der Waals surface area contributed by atoms with Crippen LogP contribution < -0.4 is 10.2 Å². The van der Waals surface area contributed by atoms with Gasteiger partial charge in [-0.25, -0.2) is 4.98 Å². The molecule has 0 saturated carbocycles. The Balaban J connectivity index is 1.62. The number of hydrogen-bond donors (Lipinski definition) is 1. The highest BCUT2D eigenvalue weighted by molar-refractivity contribution is 7.22. The Bertz CT molecular complexity index is 1220. The minimum atomic E-state index is -0.121. The Morgan fingerprint density at radius 2 is 1.68 bits per heavy atom. The predicted octanol–water partition coefficient (Wildman–Crippen LogP) is 5.34. The van der Waals surface area contributed by atoms with Gasteiger partial charge in [0.2, 0.25) is 11.8 Å². The van der Waals surface area contributed by atoms with Crippen LogP contribution in [-0.4, -0.2) is 16.8 Å². The van der Waals surface area contributed by atoms with Crippen molar-refractivity contribution >= 4 is 44.2 Å². The van der Waals surface area contributed by atoms with Gasteiger partial charge in [-0.1, -0.05) is 65.9 Å². The first-order valence-electron chi connectivity index (χ1n) is 10.1. The van der Waals surface area contributed by atoms with E-state index in [-0.39, 0.29) is 18.2 Å². The number of thiazole rings is 1. The number of carbonyl (C=O) groups excluding carboxylic acids is 2. The maximum Gasteiger partial charge on any atom is 0.233 e. The minimum absolute atomic E-state index is 0.0205. The molecule has 2 amide bonds. The van der Waals surface area contributed by atoms with E-state index in [1.807, 2.05) is 79.7 Å². The van der Waals surface area contributed by atoms with Crippen LogP contribution in [0.5, 0.6) is 0 Å². The number of aryl methyl sites for hydroxylation is 1. The number of para-hydroxylation sites is 1. The molecule has 156 valence electrons. The number of rotatable bonds is 6. The van der Waals surface area contributed by atoms with Crippen molar-refractivity contribution in [2.24, 2.45) is 0 Å². The first kappa shape index (κ1) is 20.8. The summed E-state index contributed by atoms with van der Waals surface area (Å²) in [6.07, 6.45) is 0.252. The number of carbonyl (C=O) groups is 2. The second-order valence-corrected chi connectivity index (χ2v) is 8.45. The third-order valence-corrected chi connectivity index (χ3v) is 6.00. The average Bonchev–Trinajstić information content (AvgIpc) is 3.19. The maximum absolute atomic E-state index is 13.4. The van der Waals surface area contributed by atoms with E-state index in [1.165, 1.54) is 18.3 Å². The monoisotopic (exact) mass is 429 g/mol. The van der Waals surface area contributed by atoms with E-state index in [0.717, 1.165) is 26.9 Å². The molecular formula is C25H23N3O2S. The van der Waals surface area contributed by atoms with Gasteiger partial charge in [-0.05, 0) is 41.8 Å². The summed E-state index contributed by atoms with van der Waals surface area (Å²) in [5.74, 6) is -0.142. The number of benzene rings is 3. The summed E-state index contributed by atoms with van der Waals surface area (Å²) in [5.41, 5.74) is 4.68. The van der Waals surface area contributed by atoms with Crippen molar-refractivity contribution in [3.8, 4) is 0 Å². The van der Waals surface area contributed by atoms with Gasteiger partial charge in [0.1, 0.15) is 0 Å². The molecule has 1 N–H and O–H groups in total. The Hall–Kier alpha value is -3.51. The number of fused-ring (bicyclic) bond motifs is 1. The number of amides is 2. The zero-order valence-electron chi connectivity index (χ0n) is 17.5. The lowest BCUT2D eigenvalue weighted by molar-refractivity contribution is -0.118. The molecule has 0 aliphatic carbocycles. The predicted molar refractivity (Wildman–Crippen MR) is 126 cm³/mol. The first-order valence-corrected chi connectivity index (χ1v) is 10.9. The van der Waals surface area contributed by atoms with Gasteiger partial charge in [0.25, 0.3) is 0 Å². The second kappa shape index (κ2) is 9.10. The third kappa shape index (κ3) is 4.98. The average molecular weight is 430 g/mol. The second-order valence-electron chi connectivity index (χ2n) is 7.44. The van der Waals surface area contributed by atoms with Crippen molar-refractivity contribution in [3.05, 3.63) is 89.5 Å². The van der Waals surface area contributed by atoms with Gasteiger partial charge in [0, 0.05) is 12.6 Å². The van der Waals surface area contributed by atoms with Crippen LogP contribution in [0, 0.1) is 6.92 Å². The molecule has 0 saturated heterocycles. The number of anilines is 2. The van der Waals surface area contributed by atoms with Crippen molar-refractivity contribution < 1.29 is 9.59 Å². The molecule has 0 spiro atoms. The highest BCUT2D eigenvalue weighted by atomic mass is 32.1. The zero-order valence-corrected chi connectivity index (χ0v) is 18.3. The van der Waals surface area contributed by atoms with E-state index in [1.54, 1.807) is 4.90 Å². The molecule has 3 aromatic carbocycles. The maximum atomic E-state index is 13.4. The molecule has 0 unspecified atom stereocenters. The SMILES string of the molecule is CC(=O)Nc1ccc(CC(=O)N(Cc2ccccc2)c2nc3c(C)cccc3s2)cc1. The van der Waals surface area contributed by atoms with Crippen molar-refractivity contribution in [2.45, 2.75) is 26.8 Å². The minimum Gasteiger partial charge on any atom is -0.326 e. The van der Waals surface area contributed by atoms with E-state index >= 15 is 0 Å². The van der Waals surface area contributed by atoms with Crippen LogP contribution in [0.25, 0.3) is 10.2 Å². The van der Waals surface area contributed by atoms with Gasteiger partial charge in [-0.15, -0.1) is 0 Å². The Morgan fingerprint density at radius 3 is 2.35 bits per heavy atom. The summed E-state index contributed by atoms with van der Waals surface area (Å²) in [5, 5.41) is 3.45. The lowest BCUT2D eigenvalue weighted by Crippen LogP contribution is -2.31. The first-order chi connectivity index (χ1) is 15.0. The van der Waals surface area contributed by atoms with E-state index in [9.17, 15) is 9.59 Å². The van der Waals surface area contributed by atoms with E-state index < -0.39 is 0 Å². The lowest BCUT2D eigenvalue weighted by Gasteiger charge is -2.20. The van der Waals surface area contributed by atoms with Crippen LogP contribution in [0.3, 0.4) is 0 Å². The van der Waals surface area contributed by atoms with Gasteiger partial charge in [0.15, 0.2) is 5.13 Å². The van der Waals surface area contributed by atoms with Crippen molar-refractivity contribution in [2.75, 3.05) is 10.2 Å². The van der Waals surface area contributed by atoms with Crippen LogP contribution in [0.15, 0.2) is 72.8 Å². The largest absolute Gasteiger partial charge is 0.326 e. The van der Waals surface area contributed by atoms with Crippen LogP contribution in [0.1, 0.15) is 23.6 Å². The Morgan fingerprint density at radius 1 is 0.935 bits per heavy atom. The summed E-state index contributed by atoms with van der Waals surface area (Å²) >= 11 is 1.53.